The number of amides is 3. The van der Waals surface area contributed by atoms with Crippen LogP contribution < -0.4 is 5.32 Å². The van der Waals surface area contributed by atoms with E-state index < -0.39 is 48.2 Å². The molecule has 0 bridgehead atoms. The maximum absolute atomic E-state index is 13.1. The summed E-state index contributed by atoms with van der Waals surface area (Å²) in [6, 6.07) is 4.37. The molecular formula is C19H23FN2O5. The number of benzene rings is 1. The van der Waals surface area contributed by atoms with Crippen LogP contribution in [0.1, 0.15) is 49.9 Å². The largest absolute Gasteiger partial charge is 0.456 e. The first kappa shape index (κ1) is 20.5. The number of carbonyl (C=O) groups excluding carboxylic acids is 4. The number of halogens is 1. The van der Waals surface area contributed by atoms with Gasteiger partial charge in [0.15, 0.2) is 12.4 Å². The van der Waals surface area contributed by atoms with Crippen LogP contribution in [-0.2, 0) is 14.3 Å². The summed E-state index contributed by atoms with van der Waals surface area (Å²) in [6.07, 6.45) is 2.36. The second kappa shape index (κ2) is 8.75. The Morgan fingerprint density at radius 2 is 1.85 bits per heavy atom. The molecule has 7 nitrogen and oxygen atoms in total. The highest BCUT2D eigenvalue weighted by atomic mass is 19.1. The Balaban J connectivity index is 1.96. The number of hydrogen-bond donors (Lipinski definition) is 1. The molecule has 1 saturated heterocycles. The molecule has 0 atom stereocenters. The fourth-order valence-electron chi connectivity index (χ4n) is 3.20. The van der Waals surface area contributed by atoms with Gasteiger partial charge in [-0.05, 0) is 25.0 Å². The number of urea groups is 1. The fraction of sp³-hybridized carbons (Fsp3) is 0.474. The summed E-state index contributed by atoms with van der Waals surface area (Å²) in [4.78, 5) is 49.6. The Labute approximate surface area is 156 Å². The highest BCUT2D eigenvalue weighted by molar-refractivity contribution is 6.08. The second-order valence-electron chi connectivity index (χ2n) is 6.50. The van der Waals surface area contributed by atoms with E-state index in [1.54, 1.807) is 0 Å². The van der Waals surface area contributed by atoms with Crippen LogP contribution >= 0.6 is 0 Å². The number of ketones is 1. The summed E-state index contributed by atoms with van der Waals surface area (Å²) < 4.78 is 18.0. The van der Waals surface area contributed by atoms with Gasteiger partial charge in [-0.15, -0.1) is 0 Å². The van der Waals surface area contributed by atoms with Crippen molar-refractivity contribution in [3.8, 4) is 0 Å². The van der Waals surface area contributed by atoms with Crippen LogP contribution in [0.25, 0.3) is 0 Å². The SMILES string of the molecule is CCCC1(CCC)NC(=O)N(CC(=O)OCC(=O)c2cccc(F)c2)C1=O. The fourth-order valence-corrected chi connectivity index (χ4v) is 3.20. The van der Waals surface area contributed by atoms with Crippen molar-refractivity contribution in [2.45, 2.75) is 45.1 Å². The van der Waals surface area contributed by atoms with Crippen LogP contribution in [0.2, 0.25) is 0 Å². The van der Waals surface area contributed by atoms with Crippen molar-refractivity contribution in [1.82, 2.24) is 10.2 Å². The van der Waals surface area contributed by atoms with E-state index in [4.69, 9.17) is 4.74 Å². The predicted molar refractivity (Wildman–Crippen MR) is 94.5 cm³/mol. The highest BCUT2D eigenvalue weighted by Gasteiger charge is 2.50. The first-order chi connectivity index (χ1) is 12.8. The highest BCUT2D eigenvalue weighted by Crippen LogP contribution is 2.27. The number of carbonyl (C=O) groups is 4. The van der Waals surface area contributed by atoms with Crippen molar-refractivity contribution in [3.63, 3.8) is 0 Å². The maximum atomic E-state index is 13.1. The second-order valence-corrected chi connectivity index (χ2v) is 6.50. The molecule has 8 heteroatoms. The summed E-state index contributed by atoms with van der Waals surface area (Å²) in [5.74, 6) is -2.49. The molecule has 1 heterocycles. The number of rotatable bonds is 9. The lowest BCUT2D eigenvalue weighted by molar-refractivity contribution is -0.147. The van der Waals surface area contributed by atoms with Gasteiger partial charge in [-0.1, -0.05) is 38.8 Å². The van der Waals surface area contributed by atoms with E-state index in [0.717, 1.165) is 11.0 Å². The molecule has 2 rings (SSSR count). The molecule has 1 aliphatic rings. The van der Waals surface area contributed by atoms with Gasteiger partial charge in [0.1, 0.15) is 17.9 Å². The molecule has 0 saturated carbocycles. The Hall–Kier alpha value is -2.77. The summed E-state index contributed by atoms with van der Waals surface area (Å²) in [5, 5.41) is 2.69. The van der Waals surface area contributed by atoms with E-state index >= 15 is 0 Å². The van der Waals surface area contributed by atoms with Gasteiger partial charge in [0.2, 0.25) is 0 Å². The monoisotopic (exact) mass is 378 g/mol. The van der Waals surface area contributed by atoms with Crippen LogP contribution in [0.15, 0.2) is 24.3 Å². The summed E-state index contributed by atoms with van der Waals surface area (Å²) >= 11 is 0. The first-order valence-electron chi connectivity index (χ1n) is 8.91. The molecule has 27 heavy (non-hydrogen) atoms. The molecule has 3 amide bonds. The smallest absolute Gasteiger partial charge is 0.326 e. The van der Waals surface area contributed by atoms with Crippen molar-refractivity contribution in [1.29, 1.82) is 0 Å². The van der Waals surface area contributed by atoms with Gasteiger partial charge in [0.25, 0.3) is 5.91 Å². The lowest BCUT2D eigenvalue weighted by atomic mass is 9.88. The first-order valence-corrected chi connectivity index (χ1v) is 8.91. The van der Waals surface area contributed by atoms with Gasteiger partial charge in [-0.25, -0.2) is 9.18 Å². The topological polar surface area (TPSA) is 92.8 Å². The molecule has 1 fully saturated rings. The normalized spacial score (nSPS) is 15.6. The van der Waals surface area contributed by atoms with Crippen LogP contribution in [0.3, 0.4) is 0 Å². The van der Waals surface area contributed by atoms with Gasteiger partial charge in [-0.2, -0.15) is 0 Å². The number of Topliss-reactive ketones (excluding diaryl/α,β-unsaturated/α-hetero) is 1. The summed E-state index contributed by atoms with van der Waals surface area (Å²) in [7, 11) is 0. The molecule has 1 aromatic rings. The van der Waals surface area contributed by atoms with Gasteiger partial charge in [-0.3, -0.25) is 19.3 Å². The predicted octanol–water partition coefficient (Wildman–Crippen LogP) is 2.44. The van der Waals surface area contributed by atoms with Crippen LogP contribution in [0.4, 0.5) is 9.18 Å². The third kappa shape index (κ3) is 4.69. The van der Waals surface area contributed by atoms with E-state index in [2.05, 4.69) is 5.32 Å². The third-order valence-corrected chi connectivity index (χ3v) is 4.40. The zero-order chi connectivity index (χ0) is 20.0. The van der Waals surface area contributed by atoms with Crippen molar-refractivity contribution in [3.05, 3.63) is 35.6 Å². The van der Waals surface area contributed by atoms with E-state index in [9.17, 15) is 23.6 Å². The molecule has 1 aromatic carbocycles. The average molecular weight is 378 g/mol. The van der Waals surface area contributed by atoms with Crippen molar-refractivity contribution < 1.29 is 28.3 Å². The Bertz CT molecular complexity index is 743. The minimum absolute atomic E-state index is 0.0719. The minimum atomic E-state index is -0.988. The molecule has 1 N–H and O–H groups in total. The van der Waals surface area contributed by atoms with Crippen LogP contribution in [-0.4, -0.2) is 47.3 Å². The van der Waals surface area contributed by atoms with E-state index in [1.807, 2.05) is 13.8 Å². The van der Waals surface area contributed by atoms with Crippen LogP contribution in [0.5, 0.6) is 0 Å². The van der Waals surface area contributed by atoms with Crippen LogP contribution in [0, 0.1) is 5.82 Å². The number of ether oxygens (including phenoxy) is 1. The van der Waals surface area contributed by atoms with Gasteiger partial charge in [0, 0.05) is 5.56 Å². The average Bonchev–Trinajstić information content (AvgIpc) is 2.84. The summed E-state index contributed by atoms with van der Waals surface area (Å²) in [6.45, 7) is 2.65. The standard InChI is InChI=1S/C19H23FN2O5/c1-3-8-19(9-4-2)17(25)22(18(26)21-19)11-16(24)27-12-15(23)13-6-5-7-14(20)10-13/h5-7,10H,3-4,8-9,11-12H2,1-2H3,(H,21,26). The molecular weight excluding hydrogens is 355 g/mol. The number of nitrogens with one attached hydrogen (secondary N) is 1. The molecule has 146 valence electrons. The lowest BCUT2D eigenvalue weighted by Crippen LogP contribution is -2.47. The quantitative estimate of drug-likeness (QED) is 0.405. The molecule has 0 aromatic heterocycles. The van der Waals surface area contributed by atoms with E-state index in [0.29, 0.717) is 25.7 Å². The van der Waals surface area contributed by atoms with Gasteiger partial charge < -0.3 is 10.1 Å². The Kier molecular flexibility index (Phi) is 6.65. The van der Waals surface area contributed by atoms with Crippen molar-refractivity contribution >= 4 is 23.7 Å². The number of nitrogens with zero attached hydrogens (tertiary/aromatic N) is 1. The van der Waals surface area contributed by atoms with Gasteiger partial charge in [0.05, 0.1) is 0 Å². The zero-order valence-corrected chi connectivity index (χ0v) is 15.4. The van der Waals surface area contributed by atoms with Gasteiger partial charge >= 0.3 is 12.0 Å². The van der Waals surface area contributed by atoms with Crippen molar-refractivity contribution in [2.24, 2.45) is 0 Å². The molecule has 0 aliphatic carbocycles. The lowest BCUT2D eigenvalue weighted by Gasteiger charge is -2.25. The molecule has 1 aliphatic heterocycles. The number of imide groups is 1. The Morgan fingerprint density at radius 1 is 1.19 bits per heavy atom. The maximum Gasteiger partial charge on any atom is 0.326 e. The Morgan fingerprint density at radius 3 is 2.44 bits per heavy atom. The third-order valence-electron chi connectivity index (χ3n) is 4.40. The number of hydrogen-bond acceptors (Lipinski definition) is 5. The molecule has 0 spiro atoms. The molecule has 0 radical (unpaired) electrons. The van der Waals surface area contributed by atoms with E-state index in [1.165, 1.54) is 18.2 Å². The zero-order valence-electron chi connectivity index (χ0n) is 15.4. The minimum Gasteiger partial charge on any atom is -0.456 e. The molecule has 0 unspecified atom stereocenters. The van der Waals surface area contributed by atoms with E-state index in [-0.39, 0.29) is 5.56 Å². The van der Waals surface area contributed by atoms with Crippen molar-refractivity contribution in [2.75, 3.05) is 13.2 Å². The number of esters is 1. The summed E-state index contributed by atoms with van der Waals surface area (Å²) in [5.41, 5.74) is -0.916.